The van der Waals surface area contributed by atoms with Gasteiger partial charge < -0.3 is 20.8 Å². The SMILES string of the molecule is CCCNC(CSSCC(NCCC)C(=O)O)C(=O)O. The number of carboxylic acids is 2. The summed E-state index contributed by atoms with van der Waals surface area (Å²) < 4.78 is 0. The van der Waals surface area contributed by atoms with Crippen LogP contribution in [0.1, 0.15) is 26.7 Å². The molecule has 4 N–H and O–H groups in total. The molecule has 8 heteroatoms. The van der Waals surface area contributed by atoms with Crippen LogP contribution in [-0.4, -0.2) is 58.8 Å². The van der Waals surface area contributed by atoms with Crippen molar-refractivity contribution in [2.75, 3.05) is 24.6 Å². The molecular weight excluding hydrogens is 300 g/mol. The van der Waals surface area contributed by atoms with Gasteiger partial charge in [-0.05, 0) is 25.9 Å². The third-order valence-electron chi connectivity index (χ3n) is 2.43. The zero-order chi connectivity index (χ0) is 15.4. The maximum atomic E-state index is 11.0. The average Bonchev–Trinajstić information content (AvgIpc) is 2.40. The van der Waals surface area contributed by atoms with E-state index in [1.54, 1.807) is 0 Å². The van der Waals surface area contributed by atoms with Crippen molar-refractivity contribution >= 4 is 33.5 Å². The molecule has 0 radical (unpaired) electrons. The molecule has 2 unspecified atom stereocenters. The third-order valence-corrected chi connectivity index (χ3v) is 4.85. The first-order valence-corrected chi connectivity index (χ1v) is 9.18. The molecule has 0 aliphatic rings. The molecule has 20 heavy (non-hydrogen) atoms. The smallest absolute Gasteiger partial charge is 0.321 e. The predicted octanol–water partition coefficient (Wildman–Crippen LogP) is 1.27. The van der Waals surface area contributed by atoms with Crippen LogP contribution >= 0.6 is 21.6 Å². The maximum absolute atomic E-state index is 11.0. The molecule has 0 aromatic carbocycles. The van der Waals surface area contributed by atoms with Gasteiger partial charge in [0, 0.05) is 11.5 Å². The predicted molar refractivity (Wildman–Crippen MR) is 84.4 cm³/mol. The molecule has 0 rings (SSSR count). The Morgan fingerprint density at radius 2 is 1.25 bits per heavy atom. The van der Waals surface area contributed by atoms with Crippen molar-refractivity contribution in [1.29, 1.82) is 0 Å². The molecule has 0 aromatic rings. The van der Waals surface area contributed by atoms with Gasteiger partial charge in [0.2, 0.25) is 0 Å². The second kappa shape index (κ2) is 12.3. The number of aliphatic carboxylic acids is 2. The molecule has 0 heterocycles. The summed E-state index contributed by atoms with van der Waals surface area (Å²) in [6.07, 6.45) is 1.76. The molecule has 0 bridgehead atoms. The van der Waals surface area contributed by atoms with Crippen molar-refractivity contribution in [3.63, 3.8) is 0 Å². The van der Waals surface area contributed by atoms with E-state index in [4.69, 9.17) is 10.2 Å². The van der Waals surface area contributed by atoms with Gasteiger partial charge in [-0.1, -0.05) is 35.4 Å². The molecule has 0 aromatic heterocycles. The van der Waals surface area contributed by atoms with E-state index in [0.717, 1.165) is 12.8 Å². The van der Waals surface area contributed by atoms with Gasteiger partial charge in [0.1, 0.15) is 12.1 Å². The zero-order valence-electron chi connectivity index (χ0n) is 11.9. The number of carboxylic acid groups (broad SMARTS) is 2. The number of hydrogen-bond donors (Lipinski definition) is 4. The van der Waals surface area contributed by atoms with Crippen LogP contribution < -0.4 is 10.6 Å². The summed E-state index contributed by atoms with van der Waals surface area (Å²) in [5.41, 5.74) is 0. The van der Waals surface area contributed by atoms with E-state index < -0.39 is 24.0 Å². The van der Waals surface area contributed by atoms with Gasteiger partial charge in [0.25, 0.3) is 0 Å². The Hall–Kier alpha value is -0.440. The normalized spacial score (nSPS) is 13.9. The van der Waals surface area contributed by atoms with Crippen LogP contribution in [0, 0.1) is 0 Å². The highest BCUT2D eigenvalue weighted by Gasteiger charge is 2.19. The van der Waals surface area contributed by atoms with Gasteiger partial charge >= 0.3 is 11.9 Å². The van der Waals surface area contributed by atoms with E-state index >= 15 is 0 Å². The highest BCUT2D eigenvalue weighted by Crippen LogP contribution is 2.23. The van der Waals surface area contributed by atoms with E-state index in [1.807, 2.05) is 13.8 Å². The largest absolute Gasteiger partial charge is 0.480 e. The van der Waals surface area contributed by atoms with Crippen LogP contribution in [0.2, 0.25) is 0 Å². The van der Waals surface area contributed by atoms with Crippen LogP contribution in [0.4, 0.5) is 0 Å². The van der Waals surface area contributed by atoms with Gasteiger partial charge in [-0.2, -0.15) is 0 Å². The van der Waals surface area contributed by atoms with Gasteiger partial charge in [0.15, 0.2) is 0 Å². The second-order valence-corrected chi connectivity index (χ2v) is 6.81. The molecule has 0 fully saturated rings. The lowest BCUT2D eigenvalue weighted by molar-refractivity contribution is -0.139. The van der Waals surface area contributed by atoms with Crippen LogP contribution in [0.5, 0.6) is 0 Å². The van der Waals surface area contributed by atoms with Crippen molar-refractivity contribution in [3.05, 3.63) is 0 Å². The Morgan fingerprint density at radius 1 is 0.900 bits per heavy atom. The van der Waals surface area contributed by atoms with E-state index in [9.17, 15) is 9.59 Å². The topological polar surface area (TPSA) is 98.7 Å². The van der Waals surface area contributed by atoms with Crippen molar-refractivity contribution in [1.82, 2.24) is 10.6 Å². The van der Waals surface area contributed by atoms with Gasteiger partial charge in [0.05, 0.1) is 0 Å². The van der Waals surface area contributed by atoms with Gasteiger partial charge in [-0.15, -0.1) is 0 Å². The molecule has 0 saturated heterocycles. The Balaban J connectivity index is 3.94. The Morgan fingerprint density at radius 3 is 1.50 bits per heavy atom. The Labute approximate surface area is 127 Å². The lowest BCUT2D eigenvalue weighted by atomic mass is 10.3. The molecule has 0 spiro atoms. The summed E-state index contributed by atoms with van der Waals surface area (Å²) in [6.45, 7) is 5.28. The monoisotopic (exact) mass is 324 g/mol. The van der Waals surface area contributed by atoms with Crippen LogP contribution in [-0.2, 0) is 9.59 Å². The molecular formula is C12H24N2O4S2. The number of hydrogen-bond acceptors (Lipinski definition) is 6. The fourth-order valence-electron chi connectivity index (χ4n) is 1.30. The van der Waals surface area contributed by atoms with E-state index in [2.05, 4.69) is 10.6 Å². The van der Waals surface area contributed by atoms with Crippen LogP contribution in [0.3, 0.4) is 0 Å². The lowest BCUT2D eigenvalue weighted by Crippen LogP contribution is -2.40. The highest BCUT2D eigenvalue weighted by atomic mass is 33.1. The standard InChI is InChI=1S/C12H24N2O4S2/c1-3-5-13-9(11(15)16)7-19-20-8-10(12(17)18)14-6-4-2/h9-10,13-14H,3-8H2,1-2H3,(H,15,16)(H,17,18). The van der Waals surface area contributed by atoms with E-state index in [1.165, 1.54) is 21.6 Å². The van der Waals surface area contributed by atoms with Crippen molar-refractivity contribution in [2.24, 2.45) is 0 Å². The first-order valence-electron chi connectivity index (χ1n) is 6.69. The van der Waals surface area contributed by atoms with E-state index in [-0.39, 0.29) is 0 Å². The zero-order valence-corrected chi connectivity index (χ0v) is 13.6. The summed E-state index contributed by atoms with van der Waals surface area (Å²) in [5, 5.41) is 23.9. The van der Waals surface area contributed by atoms with Gasteiger partial charge in [-0.25, -0.2) is 0 Å². The fourth-order valence-corrected chi connectivity index (χ4v) is 3.68. The summed E-state index contributed by atoms with van der Waals surface area (Å²) in [6, 6.07) is -1.17. The van der Waals surface area contributed by atoms with Crippen molar-refractivity contribution < 1.29 is 19.8 Å². The summed E-state index contributed by atoms with van der Waals surface area (Å²) in [4.78, 5) is 22.0. The molecule has 0 aliphatic carbocycles. The van der Waals surface area contributed by atoms with Crippen molar-refractivity contribution in [2.45, 2.75) is 38.8 Å². The summed E-state index contributed by atoms with van der Waals surface area (Å²) in [7, 11) is 2.78. The van der Waals surface area contributed by atoms with Crippen molar-refractivity contribution in [3.8, 4) is 0 Å². The molecule has 0 amide bonds. The second-order valence-electron chi connectivity index (χ2n) is 4.26. The minimum Gasteiger partial charge on any atom is -0.480 e. The first kappa shape index (κ1) is 19.6. The minimum absolute atomic E-state index is 0.417. The minimum atomic E-state index is -0.870. The summed E-state index contributed by atoms with van der Waals surface area (Å²) in [5.74, 6) is -0.906. The maximum Gasteiger partial charge on any atom is 0.321 e. The molecule has 0 aliphatic heterocycles. The number of nitrogens with one attached hydrogen (secondary N) is 2. The summed E-state index contributed by atoms with van der Waals surface area (Å²) >= 11 is 0. The number of rotatable bonds is 13. The third kappa shape index (κ3) is 9.46. The van der Waals surface area contributed by atoms with Gasteiger partial charge in [-0.3, -0.25) is 9.59 Å². The molecule has 2 atom stereocenters. The van der Waals surface area contributed by atoms with Crippen LogP contribution in [0.25, 0.3) is 0 Å². The lowest BCUT2D eigenvalue weighted by Gasteiger charge is -2.15. The van der Waals surface area contributed by atoms with E-state index in [0.29, 0.717) is 24.6 Å². The average molecular weight is 324 g/mol. The highest BCUT2D eigenvalue weighted by molar-refractivity contribution is 8.76. The quantitative estimate of drug-likeness (QED) is 0.297. The molecule has 118 valence electrons. The first-order chi connectivity index (χ1) is 9.52. The molecule has 6 nitrogen and oxygen atoms in total. The molecule has 0 saturated carbocycles. The Kier molecular flexibility index (Phi) is 12.0. The number of carbonyl (C=O) groups is 2. The fraction of sp³-hybridized carbons (Fsp3) is 0.833. The van der Waals surface area contributed by atoms with Crippen LogP contribution in [0.15, 0.2) is 0 Å². The Bertz CT molecular complexity index is 265.